The van der Waals surface area contributed by atoms with E-state index in [0.717, 1.165) is 4.47 Å². The van der Waals surface area contributed by atoms with Gasteiger partial charge in [0.1, 0.15) is 5.75 Å². The number of hydrogen-bond donors (Lipinski definition) is 0. The Balaban J connectivity index is 2.37. The van der Waals surface area contributed by atoms with Gasteiger partial charge in [0.2, 0.25) is 0 Å². The molecule has 0 heterocycles. The quantitative estimate of drug-likeness (QED) is 0.837. The van der Waals surface area contributed by atoms with Crippen LogP contribution >= 0.6 is 15.9 Å². The van der Waals surface area contributed by atoms with E-state index < -0.39 is 0 Å². The van der Waals surface area contributed by atoms with Crippen LogP contribution in [0.3, 0.4) is 0 Å². The molecule has 0 aromatic heterocycles. The summed E-state index contributed by atoms with van der Waals surface area (Å²) in [6, 6.07) is 9.26. The van der Waals surface area contributed by atoms with Crippen LogP contribution in [0.5, 0.6) is 5.75 Å². The summed E-state index contributed by atoms with van der Waals surface area (Å²) in [5.74, 6) is 0.512. The lowest BCUT2D eigenvalue weighted by atomic mass is 10.3. The highest BCUT2D eigenvalue weighted by molar-refractivity contribution is 9.10. The van der Waals surface area contributed by atoms with Gasteiger partial charge in [0.05, 0.1) is 12.5 Å². The SMILES string of the molecule is CN(CCC#N)C(=O)COc1ccc(Br)cc1. The number of rotatable bonds is 5. The van der Waals surface area contributed by atoms with E-state index in [1.165, 1.54) is 4.90 Å². The maximum absolute atomic E-state index is 11.6. The molecule has 1 rings (SSSR count). The van der Waals surface area contributed by atoms with Crippen molar-refractivity contribution in [2.75, 3.05) is 20.2 Å². The van der Waals surface area contributed by atoms with E-state index in [0.29, 0.717) is 18.7 Å². The smallest absolute Gasteiger partial charge is 0.260 e. The van der Waals surface area contributed by atoms with Crippen molar-refractivity contribution in [3.05, 3.63) is 28.7 Å². The minimum absolute atomic E-state index is 0.0104. The van der Waals surface area contributed by atoms with Crippen LogP contribution in [0.1, 0.15) is 6.42 Å². The summed E-state index contributed by atoms with van der Waals surface area (Å²) >= 11 is 3.32. The Morgan fingerprint density at radius 3 is 2.71 bits per heavy atom. The average molecular weight is 297 g/mol. The molecule has 0 radical (unpaired) electrons. The van der Waals surface area contributed by atoms with Crippen molar-refractivity contribution in [2.24, 2.45) is 0 Å². The van der Waals surface area contributed by atoms with E-state index in [4.69, 9.17) is 10.00 Å². The predicted molar refractivity (Wildman–Crippen MR) is 67.5 cm³/mol. The summed E-state index contributed by atoms with van der Waals surface area (Å²) in [6.07, 6.45) is 0.334. The molecule has 0 aliphatic carbocycles. The van der Waals surface area contributed by atoms with E-state index in [9.17, 15) is 4.79 Å². The molecule has 4 nitrogen and oxygen atoms in total. The van der Waals surface area contributed by atoms with Gasteiger partial charge < -0.3 is 9.64 Å². The molecule has 5 heteroatoms. The van der Waals surface area contributed by atoms with Crippen LogP contribution < -0.4 is 4.74 Å². The first-order valence-corrected chi connectivity index (χ1v) is 5.92. The Hall–Kier alpha value is -1.54. The molecule has 0 saturated heterocycles. The molecule has 0 aliphatic heterocycles. The topological polar surface area (TPSA) is 53.3 Å². The van der Waals surface area contributed by atoms with Crippen molar-refractivity contribution in [3.63, 3.8) is 0 Å². The van der Waals surface area contributed by atoms with Gasteiger partial charge in [-0.15, -0.1) is 0 Å². The summed E-state index contributed by atoms with van der Waals surface area (Å²) in [7, 11) is 1.66. The minimum atomic E-state index is -0.136. The number of amides is 1. The molecule has 0 fully saturated rings. The molecule has 1 aromatic rings. The lowest BCUT2D eigenvalue weighted by molar-refractivity contribution is -0.131. The van der Waals surface area contributed by atoms with Crippen LogP contribution in [-0.4, -0.2) is 31.0 Å². The number of carbonyl (C=O) groups is 1. The van der Waals surface area contributed by atoms with Crippen molar-refractivity contribution in [3.8, 4) is 11.8 Å². The number of benzene rings is 1. The van der Waals surface area contributed by atoms with Gasteiger partial charge in [-0.1, -0.05) is 15.9 Å². The fourth-order valence-corrected chi connectivity index (χ4v) is 1.39. The first-order valence-electron chi connectivity index (χ1n) is 5.13. The number of hydrogen-bond acceptors (Lipinski definition) is 3. The highest BCUT2D eigenvalue weighted by atomic mass is 79.9. The van der Waals surface area contributed by atoms with E-state index >= 15 is 0 Å². The van der Waals surface area contributed by atoms with Crippen molar-refractivity contribution < 1.29 is 9.53 Å². The maximum Gasteiger partial charge on any atom is 0.260 e. The zero-order chi connectivity index (χ0) is 12.7. The van der Waals surface area contributed by atoms with Gasteiger partial charge in [0, 0.05) is 18.1 Å². The van der Waals surface area contributed by atoms with Gasteiger partial charge in [-0.3, -0.25) is 4.79 Å². The van der Waals surface area contributed by atoms with Gasteiger partial charge in [-0.25, -0.2) is 0 Å². The number of ether oxygens (including phenoxy) is 1. The second-order valence-electron chi connectivity index (χ2n) is 3.47. The second-order valence-corrected chi connectivity index (χ2v) is 4.38. The third-order valence-electron chi connectivity index (χ3n) is 2.16. The summed E-state index contributed by atoms with van der Waals surface area (Å²) < 4.78 is 6.29. The summed E-state index contributed by atoms with van der Waals surface area (Å²) in [4.78, 5) is 13.1. The van der Waals surface area contributed by atoms with Crippen molar-refractivity contribution in [2.45, 2.75) is 6.42 Å². The maximum atomic E-state index is 11.6. The zero-order valence-corrected chi connectivity index (χ0v) is 11.1. The van der Waals surface area contributed by atoms with Gasteiger partial charge in [0.25, 0.3) is 5.91 Å². The van der Waals surface area contributed by atoms with Crippen LogP contribution in [0.15, 0.2) is 28.7 Å². The molecule has 1 aromatic carbocycles. The molecular formula is C12H13BrN2O2. The number of halogens is 1. The standard InChI is InChI=1S/C12H13BrN2O2/c1-15(8-2-7-14)12(16)9-17-11-5-3-10(13)4-6-11/h3-6H,2,8-9H2,1H3. The van der Waals surface area contributed by atoms with E-state index in [-0.39, 0.29) is 12.5 Å². The number of carbonyl (C=O) groups excluding carboxylic acids is 1. The third-order valence-corrected chi connectivity index (χ3v) is 2.69. The van der Waals surface area contributed by atoms with E-state index in [1.807, 2.05) is 18.2 Å². The zero-order valence-electron chi connectivity index (χ0n) is 9.52. The van der Waals surface area contributed by atoms with Crippen LogP contribution in [0.4, 0.5) is 0 Å². The van der Waals surface area contributed by atoms with Crippen LogP contribution in [0, 0.1) is 11.3 Å². The van der Waals surface area contributed by atoms with Crippen molar-refractivity contribution in [1.29, 1.82) is 5.26 Å². The molecule has 0 atom stereocenters. The number of nitrogens with zero attached hydrogens (tertiary/aromatic N) is 2. The Morgan fingerprint density at radius 2 is 2.12 bits per heavy atom. The summed E-state index contributed by atoms with van der Waals surface area (Å²) in [6.45, 7) is 0.419. The molecular weight excluding hydrogens is 284 g/mol. The third kappa shape index (κ3) is 4.87. The van der Waals surface area contributed by atoms with E-state index in [1.54, 1.807) is 19.2 Å². The van der Waals surface area contributed by atoms with Crippen LogP contribution in [-0.2, 0) is 4.79 Å². The van der Waals surface area contributed by atoms with Crippen molar-refractivity contribution in [1.82, 2.24) is 4.90 Å². The average Bonchev–Trinajstić information content (AvgIpc) is 2.34. The van der Waals surface area contributed by atoms with Crippen LogP contribution in [0.25, 0.3) is 0 Å². The highest BCUT2D eigenvalue weighted by Crippen LogP contribution is 2.15. The Morgan fingerprint density at radius 1 is 1.47 bits per heavy atom. The first kappa shape index (κ1) is 13.5. The van der Waals surface area contributed by atoms with Crippen molar-refractivity contribution >= 4 is 21.8 Å². The molecule has 1 amide bonds. The van der Waals surface area contributed by atoms with E-state index in [2.05, 4.69) is 15.9 Å². The minimum Gasteiger partial charge on any atom is -0.484 e. The lowest BCUT2D eigenvalue weighted by Gasteiger charge is -2.15. The first-order chi connectivity index (χ1) is 8.13. The molecule has 90 valence electrons. The summed E-state index contributed by atoms with van der Waals surface area (Å²) in [5.41, 5.74) is 0. The Bertz CT molecular complexity index is 412. The Kier molecular flexibility index (Phi) is 5.50. The molecule has 0 spiro atoms. The molecule has 0 N–H and O–H groups in total. The molecule has 17 heavy (non-hydrogen) atoms. The normalized spacial score (nSPS) is 9.47. The molecule has 0 bridgehead atoms. The van der Waals surface area contributed by atoms with Gasteiger partial charge >= 0.3 is 0 Å². The molecule has 0 unspecified atom stereocenters. The monoisotopic (exact) mass is 296 g/mol. The number of likely N-dealkylation sites (N-methyl/N-ethyl adjacent to an activating group) is 1. The molecule has 0 saturated carbocycles. The fourth-order valence-electron chi connectivity index (χ4n) is 1.13. The second kappa shape index (κ2) is 6.92. The largest absolute Gasteiger partial charge is 0.484 e. The van der Waals surface area contributed by atoms with Gasteiger partial charge in [-0.2, -0.15) is 5.26 Å². The summed E-state index contributed by atoms with van der Waals surface area (Å²) in [5, 5.41) is 8.41. The van der Waals surface area contributed by atoms with Crippen LogP contribution in [0.2, 0.25) is 0 Å². The number of nitriles is 1. The highest BCUT2D eigenvalue weighted by Gasteiger charge is 2.08. The predicted octanol–water partition coefficient (Wildman–Crippen LogP) is 2.20. The van der Waals surface area contributed by atoms with Gasteiger partial charge in [0.15, 0.2) is 6.61 Å². The lowest BCUT2D eigenvalue weighted by Crippen LogP contribution is -2.32. The fraction of sp³-hybridized carbons (Fsp3) is 0.333. The van der Waals surface area contributed by atoms with Gasteiger partial charge in [-0.05, 0) is 24.3 Å². The molecule has 0 aliphatic rings. The Labute approximate surface area is 109 Å².